The Morgan fingerprint density at radius 1 is 0.900 bits per heavy atom. The van der Waals surface area contributed by atoms with Crippen LogP contribution in [0.5, 0.6) is 5.88 Å². The molecule has 1 aromatic rings. The van der Waals surface area contributed by atoms with Gasteiger partial charge in [0.15, 0.2) is 12.5 Å². The van der Waals surface area contributed by atoms with Crippen molar-refractivity contribution in [3.63, 3.8) is 0 Å². The summed E-state index contributed by atoms with van der Waals surface area (Å²) < 4.78 is 64.1. The van der Waals surface area contributed by atoms with Crippen LogP contribution in [-0.4, -0.2) is 107 Å². The van der Waals surface area contributed by atoms with Gasteiger partial charge in [0.2, 0.25) is 0 Å². The van der Waals surface area contributed by atoms with Crippen molar-refractivity contribution >= 4 is 23.5 Å². The van der Waals surface area contributed by atoms with E-state index in [0.717, 1.165) is 12.3 Å². The summed E-state index contributed by atoms with van der Waals surface area (Å²) >= 11 is 0. The molecule has 0 spiro atoms. The molecular weight excluding hydrogens is 621 g/mol. The molecule has 2 aliphatic heterocycles. The second kappa shape index (κ2) is 12.6. The zero-order valence-electron chi connectivity index (χ0n) is 19.4. The minimum atomic E-state index is -5.96. The summed E-state index contributed by atoms with van der Waals surface area (Å²) in [5.41, 5.74) is -1.28. The van der Waals surface area contributed by atoms with E-state index in [1.807, 2.05) is 0 Å². The number of aliphatic hydroxyl groups excluding tert-OH is 3. The van der Waals surface area contributed by atoms with E-state index in [-0.39, 0.29) is 0 Å². The number of hydrogen-bond acceptors (Lipinski definition) is 17. The number of nitrogens with zero attached hydrogens (tertiary/aromatic N) is 2. The van der Waals surface area contributed by atoms with Crippen molar-refractivity contribution in [2.45, 2.75) is 55.2 Å². The van der Waals surface area contributed by atoms with Crippen LogP contribution in [0.25, 0.3) is 0 Å². The lowest BCUT2D eigenvalue weighted by molar-refractivity contribution is -0.362. The zero-order chi connectivity index (χ0) is 30.2. The first-order valence-electron chi connectivity index (χ1n) is 10.6. The zero-order valence-corrected chi connectivity index (χ0v) is 22.1. The van der Waals surface area contributed by atoms with Gasteiger partial charge in [-0.2, -0.15) is 0 Å². The van der Waals surface area contributed by atoms with Gasteiger partial charge in [0.1, 0.15) is 42.7 Å². The standard InChI is InChI=1S/C15H25N2O20P3/c18-3-5-9(12(37-40(29,30)31)13(32-5)17-2-1-7(20)16-15(17)22)34-14-8(21)11(36-39(26,27)28)10(6(4-19)33-14)35-38(23,24)25/h1-2,5-6,8-14,18-19,21H,3-4H2,(H,16,20,22)(H2,23,24,25)(H2,26,27,28)(H2,29,30,31)/p-3/t5-,6-,8-,9-,10-,11-,12-,13-,14-/m1/s1. The summed E-state index contributed by atoms with van der Waals surface area (Å²) in [7, 11) is -17.0. The summed E-state index contributed by atoms with van der Waals surface area (Å²) in [6, 6.07) is 0.774. The highest BCUT2D eigenvalue weighted by molar-refractivity contribution is 7.46. The Labute approximate surface area is 222 Å². The molecule has 1 aromatic heterocycles. The molecule has 9 atom stereocenters. The van der Waals surface area contributed by atoms with Crippen molar-refractivity contribution in [2.24, 2.45) is 0 Å². The number of aliphatic hydroxyl groups is 3. The molecule has 2 aliphatic rings. The first-order chi connectivity index (χ1) is 18.3. The Morgan fingerprint density at radius 2 is 1.45 bits per heavy atom. The third-order valence-electron chi connectivity index (χ3n) is 5.40. The third-order valence-corrected chi connectivity index (χ3v) is 6.94. The summed E-state index contributed by atoms with van der Waals surface area (Å²) in [5.74, 6) is -0.986. The molecule has 0 saturated carbocycles. The van der Waals surface area contributed by atoms with Gasteiger partial charge in [-0.3, -0.25) is 13.6 Å². The second-order valence-corrected chi connectivity index (χ2v) is 11.6. The van der Waals surface area contributed by atoms with Gasteiger partial charge in [-0.25, -0.2) is 18.9 Å². The maximum atomic E-state index is 12.2. The molecule has 40 heavy (non-hydrogen) atoms. The van der Waals surface area contributed by atoms with Crippen LogP contribution < -0.4 is 20.6 Å². The van der Waals surface area contributed by atoms with E-state index in [0.29, 0.717) is 4.57 Å². The first-order valence-corrected chi connectivity index (χ1v) is 15.2. The number of phosphoric ester groups is 3. The van der Waals surface area contributed by atoms with Gasteiger partial charge in [-0.15, -0.1) is 0 Å². The minimum Gasteiger partial charge on any atom is -0.858 e. The number of rotatable bonds is 11. The van der Waals surface area contributed by atoms with Gasteiger partial charge < -0.3 is 73.1 Å². The van der Waals surface area contributed by atoms with Crippen molar-refractivity contribution in [2.75, 3.05) is 13.2 Å². The van der Waals surface area contributed by atoms with E-state index in [1.165, 1.54) is 0 Å². The summed E-state index contributed by atoms with van der Waals surface area (Å²) in [6.07, 6.45) is -18.2. The van der Waals surface area contributed by atoms with E-state index in [1.54, 1.807) is 0 Å². The lowest BCUT2D eigenvalue weighted by Crippen LogP contribution is -2.62. The molecular formula is C15H22N2O20P3-3. The largest absolute Gasteiger partial charge is 0.858 e. The summed E-state index contributed by atoms with van der Waals surface area (Å²) in [6.45, 7) is -2.24. The van der Waals surface area contributed by atoms with Crippen molar-refractivity contribution in [3.8, 4) is 5.88 Å². The average molecular weight is 643 g/mol. The molecule has 22 nitrogen and oxygen atoms in total. The first kappa shape index (κ1) is 33.3. The molecule has 0 bridgehead atoms. The molecule has 0 unspecified atom stereocenters. The van der Waals surface area contributed by atoms with Gasteiger partial charge in [-0.1, -0.05) is 0 Å². The van der Waals surface area contributed by atoms with E-state index in [2.05, 4.69) is 18.6 Å². The maximum Gasteiger partial charge on any atom is 0.470 e. The fourth-order valence-corrected chi connectivity index (χ4v) is 5.63. The fraction of sp³-hybridized carbons (Fsp3) is 0.733. The van der Waals surface area contributed by atoms with Crippen molar-refractivity contribution in [1.29, 1.82) is 0 Å². The van der Waals surface area contributed by atoms with E-state index in [4.69, 9.17) is 14.2 Å². The predicted molar refractivity (Wildman–Crippen MR) is 112 cm³/mol. The number of ether oxygens (including phenoxy) is 3. The molecule has 2 fully saturated rings. The van der Waals surface area contributed by atoms with Crippen LogP contribution in [0.3, 0.4) is 0 Å². The Bertz CT molecular complexity index is 1230. The van der Waals surface area contributed by atoms with Crippen LogP contribution in [-0.2, 0) is 41.5 Å². The van der Waals surface area contributed by atoms with Crippen molar-refractivity contribution in [1.82, 2.24) is 9.55 Å². The molecule has 0 aromatic carbocycles. The van der Waals surface area contributed by atoms with Crippen LogP contribution in [0.1, 0.15) is 6.23 Å². The third kappa shape index (κ3) is 8.42. The van der Waals surface area contributed by atoms with Crippen LogP contribution in [0, 0.1) is 0 Å². The van der Waals surface area contributed by atoms with E-state index in [9.17, 15) is 68.3 Å². The summed E-state index contributed by atoms with van der Waals surface area (Å²) in [4.78, 5) is 75.0. The Morgan fingerprint density at radius 3 is 1.95 bits per heavy atom. The molecule has 25 heteroatoms. The highest BCUT2D eigenvalue weighted by atomic mass is 31.2. The Kier molecular flexibility index (Phi) is 10.4. The van der Waals surface area contributed by atoms with Crippen LogP contribution in [0.4, 0.5) is 0 Å². The molecule has 7 N–H and O–H groups in total. The van der Waals surface area contributed by atoms with Gasteiger partial charge in [0.05, 0.1) is 21.0 Å². The fourth-order valence-electron chi connectivity index (χ4n) is 3.97. The Hall–Kier alpha value is -1.23. The molecule has 0 amide bonds. The van der Waals surface area contributed by atoms with Gasteiger partial charge in [-0.05, 0) is 11.9 Å². The SMILES string of the molecule is O=c1nc([O-])ccn1[C@@H]1O[C@H](CO)[C@@H](O[C@H]2O[C@H](CO)[C@@H](OP(=O)([O-])[O-])[C@H](OP(=O)(O)O)[C@H]2O)[C@H]1OP(=O)(O)O. The summed E-state index contributed by atoms with van der Waals surface area (Å²) in [5, 5.41) is 41.5. The lowest BCUT2D eigenvalue weighted by atomic mass is 9.99. The quantitative estimate of drug-likeness (QED) is 0.110. The van der Waals surface area contributed by atoms with Crippen LogP contribution in [0.2, 0.25) is 0 Å². The highest BCUT2D eigenvalue weighted by Crippen LogP contribution is 2.47. The molecule has 0 aliphatic carbocycles. The topological polar surface area (TPSA) is 352 Å². The lowest BCUT2D eigenvalue weighted by Gasteiger charge is -2.47. The predicted octanol–water partition coefficient (Wildman–Crippen LogP) is -6.16. The number of phosphoric acid groups is 3. The second-order valence-electron chi connectivity index (χ2n) is 8.16. The Balaban J connectivity index is 2.00. The monoisotopic (exact) mass is 643 g/mol. The number of hydrogen-bond donors (Lipinski definition) is 7. The maximum absolute atomic E-state index is 12.2. The van der Waals surface area contributed by atoms with Gasteiger partial charge >= 0.3 is 21.3 Å². The van der Waals surface area contributed by atoms with Gasteiger partial charge in [0, 0.05) is 6.20 Å². The van der Waals surface area contributed by atoms with Crippen molar-refractivity contribution in [3.05, 3.63) is 22.7 Å². The van der Waals surface area contributed by atoms with E-state index < -0.39 is 103 Å². The molecule has 0 radical (unpaired) electrons. The van der Waals surface area contributed by atoms with Crippen molar-refractivity contribution < 1.29 is 91.3 Å². The van der Waals surface area contributed by atoms with Crippen LogP contribution in [0.15, 0.2) is 17.1 Å². The highest BCUT2D eigenvalue weighted by Gasteiger charge is 2.55. The molecule has 3 heterocycles. The normalized spacial score (nSPS) is 33.8. The smallest absolute Gasteiger partial charge is 0.470 e. The molecule has 2 saturated heterocycles. The van der Waals surface area contributed by atoms with Crippen LogP contribution >= 0.6 is 23.5 Å². The number of aromatic nitrogens is 2. The van der Waals surface area contributed by atoms with Gasteiger partial charge in [0.25, 0.3) is 0 Å². The molecule has 3 rings (SSSR count). The average Bonchev–Trinajstić information content (AvgIpc) is 3.11. The minimum absolute atomic E-state index is 0.548. The molecule has 230 valence electrons. The van der Waals surface area contributed by atoms with E-state index >= 15 is 0 Å².